The van der Waals surface area contributed by atoms with Crippen molar-refractivity contribution in [1.29, 1.82) is 0 Å². The average molecular weight is 495 g/mol. The van der Waals surface area contributed by atoms with Crippen LogP contribution in [0.15, 0.2) is 77.6 Å². The van der Waals surface area contributed by atoms with Gasteiger partial charge in [-0.3, -0.25) is 14.2 Å². The normalized spacial score (nSPS) is 15.6. The molecule has 6 heteroatoms. The maximum absolute atomic E-state index is 13.7. The molecule has 1 saturated heterocycles. The van der Waals surface area contributed by atoms with E-state index in [2.05, 4.69) is 67.7 Å². The molecule has 1 aliphatic rings. The Kier molecular flexibility index (Phi) is 7.35. The van der Waals surface area contributed by atoms with Gasteiger partial charge in [0.15, 0.2) is 5.82 Å². The molecule has 37 heavy (non-hydrogen) atoms. The van der Waals surface area contributed by atoms with Gasteiger partial charge in [-0.25, -0.2) is 4.98 Å². The number of hydrogen-bond donors (Lipinski definition) is 1. The van der Waals surface area contributed by atoms with Crippen LogP contribution in [0.5, 0.6) is 0 Å². The summed E-state index contributed by atoms with van der Waals surface area (Å²) in [4.78, 5) is 33.5. The van der Waals surface area contributed by atoms with Gasteiger partial charge in [0.2, 0.25) is 5.91 Å². The van der Waals surface area contributed by atoms with Crippen LogP contribution in [0.4, 0.5) is 5.82 Å². The molecule has 0 aliphatic carbocycles. The number of carbonyl (C=O) groups is 1. The number of fused-ring (bicyclic) bond motifs is 1. The summed E-state index contributed by atoms with van der Waals surface area (Å²) in [6.07, 6.45) is 2.47. The number of amides is 1. The molecule has 1 N–H and O–H groups in total. The Morgan fingerprint density at radius 1 is 0.946 bits per heavy atom. The number of rotatable bonds is 7. The second-order valence-electron chi connectivity index (χ2n) is 10.1. The summed E-state index contributed by atoms with van der Waals surface area (Å²) in [5, 5.41) is 3.11. The highest BCUT2D eigenvalue weighted by atomic mass is 16.2. The topological polar surface area (TPSA) is 67.2 Å². The zero-order valence-electron chi connectivity index (χ0n) is 21.6. The van der Waals surface area contributed by atoms with E-state index in [9.17, 15) is 9.59 Å². The van der Waals surface area contributed by atoms with Crippen molar-refractivity contribution >= 4 is 22.8 Å². The maximum Gasteiger partial charge on any atom is 0.294 e. The van der Waals surface area contributed by atoms with Gasteiger partial charge in [-0.2, -0.15) is 0 Å². The molecule has 1 atom stereocenters. The molecule has 190 valence electrons. The molecule has 1 aliphatic heterocycles. The predicted molar refractivity (Wildman–Crippen MR) is 149 cm³/mol. The van der Waals surface area contributed by atoms with E-state index in [1.807, 2.05) is 33.7 Å². The molecule has 2 heterocycles. The van der Waals surface area contributed by atoms with E-state index in [0.717, 1.165) is 42.4 Å². The molecule has 6 nitrogen and oxygen atoms in total. The van der Waals surface area contributed by atoms with Gasteiger partial charge in [-0.05, 0) is 56.4 Å². The second-order valence-corrected chi connectivity index (χ2v) is 10.1. The Morgan fingerprint density at radius 3 is 2.35 bits per heavy atom. The van der Waals surface area contributed by atoms with Gasteiger partial charge in [0.1, 0.15) is 0 Å². The molecular formula is C31H34N4O2. The van der Waals surface area contributed by atoms with Crippen molar-refractivity contribution in [3.8, 4) is 0 Å². The van der Waals surface area contributed by atoms with Crippen LogP contribution in [0.25, 0.3) is 11.0 Å². The number of carbonyl (C=O) groups excluding carboxylic acids is 1. The minimum Gasteiger partial charge on any atom is -0.355 e. The van der Waals surface area contributed by atoms with Gasteiger partial charge in [0, 0.05) is 19.6 Å². The standard InChI is InChI=1S/C31H34N4O2/c1-22-9-13-24(14-10-22)17-18-32-30(36)26-6-5-19-34(21-26)29-31(37)35(20-25-15-11-23(2)12-16-25)28-8-4-3-7-27(28)33-29/h3-4,7-16,26H,5-6,17-21H2,1-2H3,(H,32,36)/t26-/m1/s1. The van der Waals surface area contributed by atoms with E-state index in [-0.39, 0.29) is 17.4 Å². The number of anilines is 1. The number of piperidine rings is 1. The summed E-state index contributed by atoms with van der Waals surface area (Å²) < 4.78 is 1.81. The number of hydrogen-bond acceptors (Lipinski definition) is 4. The first-order valence-corrected chi connectivity index (χ1v) is 13.1. The first-order chi connectivity index (χ1) is 18.0. The Morgan fingerprint density at radius 2 is 1.62 bits per heavy atom. The van der Waals surface area contributed by atoms with Gasteiger partial charge < -0.3 is 10.2 Å². The molecule has 0 radical (unpaired) electrons. The Hall–Kier alpha value is -3.93. The van der Waals surface area contributed by atoms with Gasteiger partial charge in [0.25, 0.3) is 5.56 Å². The number of aromatic nitrogens is 2. The van der Waals surface area contributed by atoms with E-state index in [4.69, 9.17) is 4.98 Å². The molecule has 1 fully saturated rings. The molecule has 3 aromatic carbocycles. The van der Waals surface area contributed by atoms with Gasteiger partial charge in [-0.1, -0.05) is 71.8 Å². The van der Waals surface area contributed by atoms with Crippen LogP contribution in [0.1, 0.15) is 35.1 Å². The average Bonchev–Trinajstić information content (AvgIpc) is 2.92. The number of benzene rings is 3. The van der Waals surface area contributed by atoms with Crippen molar-refractivity contribution in [2.24, 2.45) is 5.92 Å². The Balaban J connectivity index is 1.33. The smallest absolute Gasteiger partial charge is 0.294 e. The summed E-state index contributed by atoms with van der Waals surface area (Å²) in [6, 6.07) is 24.4. The van der Waals surface area contributed by atoms with Crippen LogP contribution >= 0.6 is 0 Å². The van der Waals surface area contributed by atoms with Crippen molar-refractivity contribution in [1.82, 2.24) is 14.9 Å². The fourth-order valence-electron chi connectivity index (χ4n) is 5.03. The maximum atomic E-state index is 13.7. The third-order valence-corrected chi connectivity index (χ3v) is 7.22. The summed E-state index contributed by atoms with van der Waals surface area (Å²) in [5.74, 6) is 0.325. The Labute approximate surface area is 218 Å². The van der Waals surface area contributed by atoms with Crippen molar-refractivity contribution in [2.75, 3.05) is 24.5 Å². The number of aryl methyl sites for hydroxylation is 2. The van der Waals surface area contributed by atoms with E-state index >= 15 is 0 Å². The fraction of sp³-hybridized carbons (Fsp3) is 0.323. The van der Waals surface area contributed by atoms with E-state index in [1.54, 1.807) is 0 Å². The lowest BCUT2D eigenvalue weighted by Gasteiger charge is -2.32. The molecule has 5 rings (SSSR count). The predicted octanol–water partition coefficient (Wildman–Crippen LogP) is 4.64. The lowest BCUT2D eigenvalue weighted by atomic mass is 9.97. The summed E-state index contributed by atoms with van der Waals surface area (Å²) >= 11 is 0. The van der Waals surface area contributed by atoms with Gasteiger partial charge in [-0.15, -0.1) is 0 Å². The van der Waals surface area contributed by atoms with E-state index in [1.165, 1.54) is 16.7 Å². The van der Waals surface area contributed by atoms with Crippen LogP contribution in [0.3, 0.4) is 0 Å². The minimum atomic E-state index is -0.162. The molecule has 0 bridgehead atoms. The van der Waals surface area contributed by atoms with E-state index < -0.39 is 0 Å². The molecular weight excluding hydrogens is 460 g/mol. The molecule has 0 saturated carbocycles. The number of nitrogens with zero attached hydrogens (tertiary/aromatic N) is 3. The highest BCUT2D eigenvalue weighted by Gasteiger charge is 2.28. The third kappa shape index (κ3) is 5.74. The van der Waals surface area contributed by atoms with Crippen LogP contribution in [0, 0.1) is 19.8 Å². The lowest BCUT2D eigenvalue weighted by molar-refractivity contribution is -0.125. The first-order valence-electron chi connectivity index (χ1n) is 13.1. The molecule has 1 amide bonds. The highest BCUT2D eigenvalue weighted by molar-refractivity contribution is 5.80. The van der Waals surface area contributed by atoms with Gasteiger partial charge >= 0.3 is 0 Å². The third-order valence-electron chi connectivity index (χ3n) is 7.22. The molecule has 4 aromatic rings. The second kappa shape index (κ2) is 11.0. The van der Waals surface area contributed by atoms with Crippen LogP contribution < -0.4 is 15.8 Å². The van der Waals surface area contributed by atoms with Gasteiger partial charge in [0.05, 0.1) is 23.5 Å². The van der Waals surface area contributed by atoms with E-state index in [0.29, 0.717) is 25.5 Å². The fourth-order valence-corrected chi connectivity index (χ4v) is 5.03. The summed E-state index contributed by atoms with van der Waals surface area (Å²) in [7, 11) is 0. The highest BCUT2D eigenvalue weighted by Crippen LogP contribution is 2.22. The number of para-hydroxylation sites is 2. The largest absolute Gasteiger partial charge is 0.355 e. The molecule has 0 unspecified atom stereocenters. The summed E-state index contributed by atoms with van der Waals surface area (Å²) in [6.45, 7) is 6.44. The zero-order valence-corrected chi connectivity index (χ0v) is 21.6. The molecule has 1 aromatic heterocycles. The van der Waals surface area contributed by atoms with Crippen molar-refractivity contribution < 1.29 is 4.79 Å². The van der Waals surface area contributed by atoms with Crippen molar-refractivity contribution in [3.63, 3.8) is 0 Å². The zero-order chi connectivity index (χ0) is 25.8. The SMILES string of the molecule is Cc1ccc(CCNC(=O)[C@@H]2CCCN(c3nc4ccccc4n(Cc4ccc(C)cc4)c3=O)C2)cc1. The Bertz CT molecular complexity index is 1440. The van der Waals surface area contributed by atoms with Crippen molar-refractivity contribution in [2.45, 2.75) is 39.7 Å². The van der Waals surface area contributed by atoms with Crippen molar-refractivity contribution in [3.05, 3.63) is 105 Å². The number of nitrogens with one attached hydrogen (secondary N) is 1. The lowest BCUT2D eigenvalue weighted by Crippen LogP contribution is -2.46. The quantitative estimate of drug-likeness (QED) is 0.407. The summed E-state index contributed by atoms with van der Waals surface area (Å²) in [5.41, 5.74) is 6.20. The van der Waals surface area contributed by atoms with Crippen LogP contribution in [-0.4, -0.2) is 35.1 Å². The first kappa shape index (κ1) is 24.8. The van der Waals surface area contributed by atoms with Crippen LogP contribution in [0.2, 0.25) is 0 Å². The monoisotopic (exact) mass is 494 g/mol. The minimum absolute atomic E-state index is 0.0533. The molecule has 0 spiro atoms. The van der Waals surface area contributed by atoms with Crippen LogP contribution in [-0.2, 0) is 17.8 Å².